The monoisotopic (exact) mass is 313 g/mol. The molecule has 118 valence electrons. The smallest absolute Gasteiger partial charge is 0.330 e. The van der Waals surface area contributed by atoms with Crippen molar-refractivity contribution in [1.82, 2.24) is 15.0 Å². The fraction of sp³-hybridized carbons (Fsp3) is 0.312. The van der Waals surface area contributed by atoms with Gasteiger partial charge in [-0.05, 0) is 20.8 Å². The summed E-state index contributed by atoms with van der Waals surface area (Å²) < 4.78 is 5.20. The third-order valence-electron chi connectivity index (χ3n) is 3.19. The lowest BCUT2D eigenvalue weighted by molar-refractivity contribution is -0.156. The normalized spacial score (nSPS) is 13.5. The number of esters is 1. The van der Waals surface area contributed by atoms with Gasteiger partial charge in [-0.1, -0.05) is 24.3 Å². The van der Waals surface area contributed by atoms with E-state index in [2.05, 4.69) is 10.2 Å². The van der Waals surface area contributed by atoms with Gasteiger partial charge in [0, 0.05) is 11.1 Å². The van der Waals surface area contributed by atoms with Crippen molar-refractivity contribution in [2.24, 2.45) is 0 Å². The van der Waals surface area contributed by atoms with Gasteiger partial charge >= 0.3 is 5.97 Å². The van der Waals surface area contributed by atoms with Gasteiger partial charge in [-0.25, -0.2) is 4.79 Å². The molecule has 0 bridgehead atoms. The van der Waals surface area contributed by atoms with Crippen LogP contribution in [-0.4, -0.2) is 38.1 Å². The first-order valence-corrected chi connectivity index (χ1v) is 7.11. The summed E-state index contributed by atoms with van der Waals surface area (Å²) in [6.07, 6.45) is 0. The van der Waals surface area contributed by atoms with Gasteiger partial charge in [-0.15, -0.1) is 5.10 Å². The minimum Gasteiger partial charge on any atom is -0.459 e. The molecule has 0 aliphatic heterocycles. The van der Waals surface area contributed by atoms with E-state index in [1.165, 1.54) is 0 Å². The van der Waals surface area contributed by atoms with E-state index >= 15 is 0 Å². The Kier molecular flexibility index (Phi) is 3.35. The Labute approximate surface area is 132 Å². The second-order valence-electron chi connectivity index (χ2n) is 6.22. The quantitative estimate of drug-likeness (QED) is 0.618. The van der Waals surface area contributed by atoms with Crippen molar-refractivity contribution < 1.29 is 19.1 Å². The molecule has 0 unspecified atom stereocenters. The highest BCUT2D eigenvalue weighted by Crippen LogP contribution is 2.30. The minimum atomic E-state index is -0.714. The SMILES string of the molecule is CC(C)(C)OC(=O)Cn1nc2c(n1)-c1ccccc1C(=O)C2=O. The zero-order chi connectivity index (χ0) is 16.8. The van der Waals surface area contributed by atoms with Crippen LogP contribution in [0.15, 0.2) is 24.3 Å². The number of aromatic nitrogens is 3. The molecule has 0 radical (unpaired) electrons. The summed E-state index contributed by atoms with van der Waals surface area (Å²) in [5.74, 6) is -1.84. The average molecular weight is 313 g/mol. The summed E-state index contributed by atoms with van der Waals surface area (Å²) in [4.78, 5) is 37.2. The molecule has 1 aromatic heterocycles. The zero-order valence-electron chi connectivity index (χ0n) is 13.0. The first-order valence-electron chi connectivity index (χ1n) is 7.11. The first-order chi connectivity index (χ1) is 10.8. The fourth-order valence-corrected chi connectivity index (χ4v) is 2.36. The number of ketones is 2. The van der Waals surface area contributed by atoms with Crippen molar-refractivity contribution in [1.29, 1.82) is 0 Å². The maximum absolute atomic E-state index is 12.1. The first kappa shape index (κ1) is 15.1. The number of carbonyl (C=O) groups excluding carboxylic acids is 3. The summed E-state index contributed by atoms with van der Waals surface area (Å²) in [7, 11) is 0. The summed E-state index contributed by atoms with van der Waals surface area (Å²) in [5.41, 5.74) is 0.505. The number of hydrogen-bond donors (Lipinski definition) is 0. The summed E-state index contributed by atoms with van der Waals surface area (Å²) >= 11 is 0. The maximum atomic E-state index is 12.1. The van der Waals surface area contributed by atoms with E-state index in [4.69, 9.17) is 4.74 Å². The van der Waals surface area contributed by atoms with E-state index in [-0.39, 0.29) is 12.2 Å². The topological polar surface area (TPSA) is 91.2 Å². The molecule has 7 heteroatoms. The largest absolute Gasteiger partial charge is 0.459 e. The average Bonchev–Trinajstić information content (AvgIpc) is 2.86. The third kappa shape index (κ3) is 2.77. The number of fused-ring (bicyclic) bond motifs is 3. The Hall–Kier alpha value is -2.83. The molecule has 0 spiro atoms. The lowest BCUT2D eigenvalue weighted by Gasteiger charge is -2.18. The number of rotatable bonds is 2. The van der Waals surface area contributed by atoms with Crippen LogP contribution in [0.2, 0.25) is 0 Å². The van der Waals surface area contributed by atoms with Crippen molar-refractivity contribution in [2.45, 2.75) is 32.9 Å². The molecule has 0 fully saturated rings. The lowest BCUT2D eigenvalue weighted by atomic mass is 9.90. The second kappa shape index (κ2) is 5.12. The maximum Gasteiger partial charge on any atom is 0.330 e. The number of benzene rings is 1. The van der Waals surface area contributed by atoms with E-state index in [0.29, 0.717) is 16.8 Å². The molecule has 1 aromatic carbocycles. The predicted molar refractivity (Wildman–Crippen MR) is 80.0 cm³/mol. The van der Waals surface area contributed by atoms with Gasteiger partial charge in [-0.3, -0.25) is 9.59 Å². The second-order valence-corrected chi connectivity index (χ2v) is 6.22. The van der Waals surface area contributed by atoms with E-state index in [9.17, 15) is 14.4 Å². The van der Waals surface area contributed by atoms with Crippen LogP contribution in [0.5, 0.6) is 0 Å². The number of carbonyl (C=O) groups is 3. The van der Waals surface area contributed by atoms with Gasteiger partial charge in [0.2, 0.25) is 5.78 Å². The number of hydrogen-bond acceptors (Lipinski definition) is 6. The Morgan fingerprint density at radius 3 is 2.30 bits per heavy atom. The zero-order valence-corrected chi connectivity index (χ0v) is 13.0. The summed E-state index contributed by atoms with van der Waals surface area (Å²) in [5, 5.41) is 8.16. The van der Waals surface area contributed by atoms with Crippen LogP contribution in [-0.2, 0) is 16.1 Å². The number of ether oxygens (including phenoxy) is 1. The lowest BCUT2D eigenvalue weighted by Crippen LogP contribution is -2.27. The Balaban J connectivity index is 1.96. The molecule has 3 rings (SSSR count). The molecule has 0 saturated heterocycles. The van der Waals surface area contributed by atoms with Crippen LogP contribution in [0.1, 0.15) is 41.6 Å². The summed E-state index contributed by atoms with van der Waals surface area (Å²) in [6, 6.07) is 6.70. The van der Waals surface area contributed by atoms with E-state index < -0.39 is 23.1 Å². The highest BCUT2D eigenvalue weighted by atomic mass is 16.6. The standard InChI is InChI=1S/C16H15N3O4/c1-16(2,3)23-11(20)8-19-17-12-9-6-4-5-7-10(9)14(21)15(22)13(12)18-19/h4-7H,8H2,1-3H3. The Morgan fingerprint density at radius 1 is 1.04 bits per heavy atom. The molecule has 2 aromatic rings. The van der Waals surface area contributed by atoms with Crippen molar-refractivity contribution in [3.05, 3.63) is 35.5 Å². The van der Waals surface area contributed by atoms with Crippen molar-refractivity contribution >= 4 is 17.5 Å². The molecule has 0 saturated carbocycles. The Morgan fingerprint density at radius 2 is 1.65 bits per heavy atom. The van der Waals surface area contributed by atoms with Crippen molar-refractivity contribution in [3.63, 3.8) is 0 Å². The number of Topliss-reactive ketones (excluding diaryl/α,β-unsaturated/α-hetero) is 2. The van der Waals surface area contributed by atoms with Gasteiger partial charge in [0.15, 0.2) is 12.2 Å². The number of nitrogens with zero attached hydrogens (tertiary/aromatic N) is 3. The fourth-order valence-electron chi connectivity index (χ4n) is 2.36. The molecular formula is C16H15N3O4. The van der Waals surface area contributed by atoms with Crippen LogP contribution in [0.4, 0.5) is 0 Å². The highest BCUT2D eigenvalue weighted by molar-refractivity contribution is 6.52. The van der Waals surface area contributed by atoms with Crippen molar-refractivity contribution in [2.75, 3.05) is 0 Å². The predicted octanol–water partition coefficient (Wildman–Crippen LogP) is 1.67. The van der Waals surface area contributed by atoms with Crippen LogP contribution in [0.25, 0.3) is 11.3 Å². The van der Waals surface area contributed by atoms with Gasteiger partial charge in [-0.2, -0.15) is 9.90 Å². The van der Waals surface area contributed by atoms with Gasteiger partial charge in [0.05, 0.1) is 0 Å². The molecule has 1 aliphatic carbocycles. The molecule has 1 aliphatic rings. The Bertz CT molecular complexity index is 830. The molecular weight excluding hydrogens is 298 g/mol. The van der Waals surface area contributed by atoms with E-state index in [1.807, 2.05) is 0 Å². The van der Waals surface area contributed by atoms with Crippen LogP contribution in [0, 0.1) is 0 Å². The summed E-state index contributed by atoms with van der Waals surface area (Å²) in [6.45, 7) is 5.04. The van der Waals surface area contributed by atoms with Gasteiger partial charge < -0.3 is 4.74 Å². The molecule has 0 amide bonds. The van der Waals surface area contributed by atoms with Gasteiger partial charge in [0.1, 0.15) is 11.3 Å². The van der Waals surface area contributed by atoms with Gasteiger partial charge in [0.25, 0.3) is 5.78 Å². The van der Waals surface area contributed by atoms with Crippen LogP contribution < -0.4 is 0 Å². The molecule has 0 N–H and O–H groups in total. The van der Waals surface area contributed by atoms with Crippen LogP contribution in [0.3, 0.4) is 0 Å². The molecule has 0 atom stereocenters. The van der Waals surface area contributed by atoms with E-state index in [0.717, 1.165) is 4.80 Å². The molecule has 23 heavy (non-hydrogen) atoms. The minimum absolute atomic E-state index is 0.0303. The highest BCUT2D eigenvalue weighted by Gasteiger charge is 2.34. The molecule has 1 heterocycles. The van der Waals surface area contributed by atoms with E-state index in [1.54, 1.807) is 45.0 Å². The molecule has 7 nitrogen and oxygen atoms in total. The third-order valence-corrected chi connectivity index (χ3v) is 3.19. The van der Waals surface area contributed by atoms with Crippen LogP contribution >= 0.6 is 0 Å². The van der Waals surface area contributed by atoms with Crippen molar-refractivity contribution in [3.8, 4) is 11.3 Å².